The van der Waals surface area contributed by atoms with E-state index in [-0.39, 0.29) is 30.4 Å². The van der Waals surface area contributed by atoms with Crippen LogP contribution >= 0.6 is 0 Å². The van der Waals surface area contributed by atoms with Gasteiger partial charge in [-0.15, -0.1) is 0 Å². The van der Waals surface area contributed by atoms with Gasteiger partial charge < -0.3 is 24.8 Å². The molecule has 2 aliphatic rings. The van der Waals surface area contributed by atoms with Crippen LogP contribution in [0.4, 0.5) is 5.69 Å². The molecule has 4 rings (SSSR count). The van der Waals surface area contributed by atoms with E-state index in [1.165, 1.54) is 0 Å². The monoisotopic (exact) mass is 382 g/mol. The average molecular weight is 382 g/mol. The van der Waals surface area contributed by atoms with Gasteiger partial charge in [0.2, 0.25) is 0 Å². The first-order valence-corrected chi connectivity index (χ1v) is 9.28. The molecule has 2 N–H and O–H groups in total. The van der Waals surface area contributed by atoms with E-state index in [2.05, 4.69) is 10.6 Å². The van der Waals surface area contributed by atoms with Crippen molar-refractivity contribution in [1.29, 1.82) is 0 Å². The van der Waals surface area contributed by atoms with Gasteiger partial charge in [0.05, 0.1) is 11.7 Å². The molecule has 0 fully saturated rings. The Hall–Kier alpha value is -3.22. The maximum absolute atomic E-state index is 12.9. The normalized spacial score (nSPS) is 15.9. The van der Waals surface area contributed by atoms with Crippen molar-refractivity contribution in [3.05, 3.63) is 47.5 Å². The molecule has 1 atom stereocenters. The molecule has 146 valence electrons. The number of carbonyl (C=O) groups excluding carboxylic acids is 2. The zero-order valence-corrected chi connectivity index (χ0v) is 15.8. The summed E-state index contributed by atoms with van der Waals surface area (Å²) >= 11 is 0. The van der Waals surface area contributed by atoms with Crippen molar-refractivity contribution in [2.24, 2.45) is 5.92 Å². The minimum Gasteiger partial charge on any atom is -0.486 e. The van der Waals surface area contributed by atoms with Crippen molar-refractivity contribution >= 4 is 17.5 Å². The minimum atomic E-state index is -0.211. The Bertz CT molecular complexity index is 925. The predicted octanol–water partition coefficient (Wildman–Crippen LogP) is 2.92. The van der Waals surface area contributed by atoms with E-state index in [0.717, 1.165) is 11.3 Å². The SMILES string of the molecule is CC(C)[C@@H](NC(=O)c1ccc2c(c1)OCC(=O)N2)c1ccc2c(c1)OCCO2. The molecule has 2 aromatic carbocycles. The maximum atomic E-state index is 12.9. The molecule has 7 heteroatoms. The fourth-order valence-corrected chi connectivity index (χ4v) is 3.33. The topological polar surface area (TPSA) is 85.9 Å². The number of fused-ring (bicyclic) bond motifs is 2. The first kappa shape index (κ1) is 18.2. The second kappa shape index (κ2) is 7.42. The van der Waals surface area contributed by atoms with Crippen LogP contribution in [-0.4, -0.2) is 31.6 Å². The standard InChI is InChI=1S/C21H22N2O5/c1-12(2)20(13-4-6-16-18(9-13)27-8-7-26-16)23-21(25)14-3-5-15-17(10-14)28-11-19(24)22-15/h3-6,9-10,12,20H,7-8,11H2,1-2H3,(H,22,24)(H,23,25)/t20-/m1/s1. The smallest absolute Gasteiger partial charge is 0.262 e. The van der Waals surface area contributed by atoms with Crippen molar-refractivity contribution < 1.29 is 23.8 Å². The van der Waals surface area contributed by atoms with Crippen LogP contribution in [0.2, 0.25) is 0 Å². The molecule has 7 nitrogen and oxygen atoms in total. The minimum absolute atomic E-state index is 0.0517. The first-order valence-electron chi connectivity index (χ1n) is 9.28. The van der Waals surface area contributed by atoms with Gasteiger partial charge in [0.15, 0.2) is 18.1 Å². The van der Waals surface area contributed by atoms with Crippen LogP contribution in [0.15, 0.2) is 36.4 Å². The molecular weight excluding hydrogens is 360 g/mol. The van der Waals surface area contributed by atoms with Gasteiger partial charge in [0, 0.05) is 5.56 Å². The van der Waals surface area contributed by atoms with Crippen molar-refractivity contribution in [1.82, 2.24) is 5.32 Å². The lowest BCUT2D eigenvalue weighted by molar-refractivity contribution is -0.118. The number of anilines is 1. The largest absolute Gasteiger partial charge is 0.486 e. The van der Waals surface area contributed by atoms with Crippen LogP contribution in [0.5, 0.6) is 17.2 Å². The summed E-state index contributed by atoms with van der Waals surface area (Å²) in [4.78, 5) is 24.3. The summed E-state index contributed by atoms with van der Waals surface area (Å²) in [6.07, 6.45) is 0. The van der Waals surface area contributed by atoms with E-state index in [1.54, 1.807) is 18.2 Å². The quantitative estimate of drug-likeness (QED) is 0.849. The number of ether oxygens (including phenoxy) is 3. The molecule has 0 saturated heterocycles. The van der Waals surface area contributed by atoms with Gasteiger partial charge in [0.1, 0.15) is 19.0 Å². The molecule has 2 amide bonds. The van der Waals surface area contributed by atoms with E-state index in [4.69, 9.17) is 14.2 Å². The van der Waals surface area contributed by atoms with Gasteiger partial charge in [-0.05, 0) is 41.8 Å². The summed E-state index contributed by atoms with van der Waals surface area (Å²) in [6.45, 7) is 5.10. The number of benzene rings is 2. The van der Waals surface area contributed by atoms with Crippen LogP contribution in [-0.2, 0) is 4.79 Å². The van der Waals surface area contributed by atoms with E-state index in [9.17, 15) is 9.59 Å². The second-order valence-corrected chi connectivity index (χ2v) is 7.15. The Kier molecular flexibility index (Phi) is 4.81. The lowest BCUT2D eigenvalue weighted by Crippen LogP contribution is -2.32. The van der Waals surface area contributed by atoms with Crippen LogP contribution in [0.25, 0.3) is 0 Å². The number of rotatable bonds is 4. The van der Waals surface area contributed by atoms with E-state index in [1.807, 2.05) is 32.0 Å². The maximum Gasteiger partial charge on any atom is 0.262 e. The zero-order chi connectivity index (χ0) is 19.7. The molecule has 2 aromatic rings. The summed E-state index contributed by atoms with van der Waals surface area (Å²) in [5.41, 5.74) is 1.99. The number of hydrogen-bond donors (Lipinski definition) is 2. The predicted molar refractivity (Wildman–Crippen MR) is 103 cm³/mol. The molecule has 0 aliphatic carbocycles. The molecule has 2 heterocycles. The van der Waals surface area contributed by atoms with Crippen LogP contribution in [0.1, 0.15) is 35.8 Å². The molecule has 0 radical (unpaired) electrons. The number of carbonyl (C=O) groups is 2. The van der Waals surface area contributed by atoms with Crippen molar-refractivity contribution in [3.63, 3.8) is 0 Å². The summed E-state index contributed by atoms with van der Waals surface area (Å²) in [7, 11) is 0. The highest BCUT2D eigenvalue weighted by Crippen LogP contribution is 2.35. The van der Waals surface area contributed by atoms with Gasteiger partial charge >= 0.3 is 0 Å². The van der Waals surface area contributed by atoms with Crippen molar-refractivity contribution in [2.45, 2.75) is 19.9 Å². The van der Waals surface area contributed by atoms with Gasteiger partial charge in [-0.2, -0.15) is 0 Å². The summed E-state index contributed by atoms with van der Waals surface area (Å²) in [5, 5.41) is 5.81. The van der Waals surface area contributed by atoms with Crippen molar-refractivity contribution in [3.8, 4) is 17.2 Å². The van der Waals surface area contributed by atoms with E-state index < -0.39 is 0 Å². The number of hydrogen-bond acceptors (Lipinski definition) is 5. The third-order valence-corrected chi connectivity index (χ3v) is 4.76. The van der Waals surface area contributed by atoms with Crippen LogP contribution in [0, 0.1) is 5.92 Å². The Labute approximate surface area is 163 Å². The lowest BCUT2D eigenvalue weighted by Gasteiger charge is -2.26. The molecule has 2 aliphatic heterocycles. The van der Waals surface area contributed by atoms with Gasteiger partial charge in [-0.25, -0.2) is 0 Å². The molecule has 0 unspecified atom stereocenters. The molecule has 28 heavy (non-hydrogen) atoms. The zero-order valence-electron chi connectivity index (χ0n) is 15.8. The fourth-order valence-electron chi connectivity index (χ4n) is 3.33. The third-order valence-electron chi connectivity index (χ3n) is 4.76. The first-order chi connectivity index (χ1) is 13.5. The van der Waals surface area contributed by atoms with E-state index >= 15 is 0 Å². The Balaban J connectivity index is 1.55. The number of amides is 2. The van der Waals surface area contributed by atoms with Crippen molar-refractivity contribution in [2.75, 3.05) is 25.1 Å². The highest BCUT2D eigenvalue weighted by Gasteiger charge is 2.23. The molecule has 0 aromatic heterocycles. The molecule has 0 bridgehead atoms. The van der Waals surface area contributed by atoms with Gasteiger partial charge in [-0.1, -0.05) is 19.9 Å². The molecular formula is C21H22N2O5. The summed E-state index contributed by atoms with van der Waals surface area (Å²) in [6, 6.07) is 10.5. The van der Waals surface area contributed by atoms with Crippen LogP contribution < -0.4 is 24.8 Å². The average Bonchev–Trinajstić information content (AvgIpc) is 2.70. The third kappa shape index (κ3) is 3.60. The number of nitrogens with one attached hydrogen (secondary N) is 2. The molecule has 0 saturated carbocycles. The summed E-state index contributed by atoms with van der Waals surface area (Å²) < 4.78 is 16.6. The van der Waals surface area contributed by atoms with Gasteiger partial charge in [-0.3, -0.25) is 9.59 Å². The second-order valence-electron chi connectivity index (χ2n) is 7.15. The fraction of sp³-hybridized carbons (Fsp3) is 0.333. The Morgan fingerprint density at radius 1 is 1.00 bits per heavy atom. The highest BCUT2D eigenvalue weighted by molar-refractivity contribution is 5.99. The molecule has 0 spiro atoms. The summed E-state index contributed by atoms with van der Waals surface area (Å²) in [5.74, 6) is 1.66. The lowest BCUT2D eigenvalue weighted by atomic mass is 9.95. The van der Waals surface area contributed by atoms with E-state index in [0.29, 0.717) is 36.0 Å². The van der Waals surface area contributed by atoms with Crippen LogP contribution in [0.3, 0.4) is 0 Å². The highest BCUT2D eigenvalue weighted by atomic mass is 16.6. The van der Waals surface area contributed by atoms with Gasteiger partial charge in [0.25, 0.3) is 11.8 Å². The Morgan fingerprint density at radius 2 is 1.79 bits per heavy atom. The Morgan fingerprint density at radius 3 is 2.57 bits per heavy atom.